The molecule has 434 valence electrons. The minimum Gasteiger partial charge on any atom is -0.300 e. The number of piperidine rings is 4. The van der Waals surface area contributed by atoms with Crippen LogP contribution in [0.4, 0.5) is 13.2 Å². The summed E-state index contributed by atoms with van der Waals surface area (Å²) in [5, 5.41) is 0.819. The summed E-state index contributed by atoms with van der Waals surface area (Å²) in [4.78, 5) is 13.3. The van der Waals surface area contributed by atoms with Crippen molar-refractivity contribution < 1.29 is 13.2 Å². The molecule has 0 radical (unpaired) electrons. The molecule has 0 spiro atoms. The van der Waals surface area contributed by atoms with E-state index in [4.69, 9.17) is 11.6 Å². The zero-order valence-corrected chi connectivity index (χ0v) is 51.6. The van der Waals surface area contributed by atoms with Crippen LogP contribution < -0.4 is 0 Å². The predicted molar refractivity (Wildman–Crippen MR) is 328 cm³/mol. The van der Waals surface area contributed by atoms with Crippen LogP contribution in [0, 0.1) is 11.6 Å². The number of allylic oxidation sites excluding steroid dienone is 3. The lowest BCUT2D eigenvalue weighted by molar-refractivity contribution is 0.0755. The van der Waals surface area contributed by atoms with Crippen LogP contribution in [-0.4, -0.2) is 126 Å². The molecule has 0 saturated carbocycles. The van der Waals surface area contributed by atoms with Gasteiger partial charge in [-0.2, -0.15) is 0 Å². The minimum absolute atomic E-state index is 0.0219. The molecule has 78 heavy (non-hydrogen) atoms. The third-order valence-corrected chi connectivity index (χ3v) is 18.3. The van der Waals surface area contributed by atoms with E-state index >= 15 is 0 Å². The van der Waals surface area contributed by atoms with Crippen LogP contribution in [0.5, 0.6) is 0 Å². The van der Waals surface area contributed by atoms with Crippen LogP contribution in [0.2, 0.25) is 5.02 Å². The molecule has 9 heteroatoms. The Labute approximate surface area is 479 Å². The molecule has 8 rings (SSSR count). The maximum atomic E-state index is 13.4. The first-order valence-electron chi connectivity index (χ1n) is 30.6. The van der Waals surface area contributed by atoms with E-state index in [1.54, 1.807) is 12.1 Å². The van der Waals surface area contributed by atoms with E-state index in [1.165, 1.54) is 150 Å². The summed E-state index contributed by atoms with van der Waals surface area (Å²) in [6.07, 6.45) is 23.2. The fourth-order valence-electron chi connectivity index (χ4n) is 13.4. The highest BCUT2D eigenvalue weighted by atomic mass is 35.5. The number of nitrogens with zero attached hydrogens (tertiary/aromatic N) is 5. The van der Waals surface area contributed by atoms with Gasteiger partial charge in [0.25, 0.3) is 0 Å². The number of benzene rings is 3. The SMILES string of the molecule is CC(C)=CC(CC(C)(C)c1ccc(Cl)cc1)N1CCC(N2CCCC2)CC1.CC(C)=CC(CC(C)(C)c1ccc(F)cc1)N1CCC(F)CC1.CC(C)=CC(CC(C)(C)c1ccc(F)cc1)N1CCC(N2CCCCC2)CC1. The molecule has 0 aliphatic carbocycles. The number of hydrogen-bond acceptors (Lipinski definition) is 5. The van der Waals surface area contributed by atoms with Crippen molar-refractivity contribution in [2.45, 2.75) is 226 Å². The first-order chi connectivity index (χ1) is 37.0. The smallest absolute Gasteiger partial charge is 0.123 e. The number of likely N-dealkylation sites (tertiary alicyclic amines) is 5. The molecule has 3 aromatic carbocycles. The van der Waals surface area contributed by atoms with Crippen molar-refractivity contribution in [3.63, 3.8) is 0 Å². The quantitative estimate of drug-likeness (QED) is 0.125. The molecule has 0 amide bonds. The average Bonchev–Trinajstić information content (AvgIpc) is 3.96. The van der Waals surface area contributed by atoms with E-state index in [9.17, 15) is 13.2 Å². The molecular formula is C69H105ClF3N5. The van der Waals surface area contributed by atoms with Gasteiger partial charge in [0, 0.05) is 74.5 Å². The zero-order chi connectivity index (χ0) is 56.6. The Bertz CT molecular complexity index is 2290. The Morgan fingerprint density at radius 2 is 0.705 bits per heavy atom. The van der Waals surface area contributed by atoms with Gasteiger partial charge in [0.15, 0.2) is 0 Å². The average molecular weight is 1100 g/mol. The third kappa shape index (κ3) is 20.0. The maximum Gasteiger partial charge on any atom is 0.123 e. The largest absolute Gasteiger partial charge is 0.300 e. The van der Waals surface area contributed by atoms with Gasteiger partial charge in [0.05, 0.1) is 0 Å². The molecular weight excluding hydrogens is 991 g/mol. The van der Waals surface area contributed by atoms with Crippen LogP contribution in [-0.2, 0) is 16.2 Å². The lowest BCUT2D eigenvalue weighted by atomic mass is 9.78. The summed E-state index contributed by atoms with van der Waals surface area (Å²) in [5.74, 6) is -0.351. The van der Waals surface area contributed by atoms with Gasteiger partial charge in [-0.3, -0.25) is 14.7 Å². The molecule has 3 aromatic rings. The number of halogens is 4. The van der Waals surface area contributed by atoms with Crippen LogP contribution >= 0.6 is 11.6 Å². The van der Waals surface area contributed by atoms with E-state index in [1.807, 2.05) is 36.4 Å². The topological polar surface area (TPSA) is 16.2 Å². The summed E-state index contributed by atoms with van der Waals surface area (Å²) in [5.41, 5.74) is 7.94. The molecule has 5 fully saturated rings. The van der Waals surface area contributed by atoms with Crippen LogP contribution in [0.3, 0.4) is 0 Å². The lowest BCUT2D eigenvalue weighted by Crippen LogP contribution is -2.49. The van der Waals surface area contributed by atoms with Crippen LogP contribution in [0.25, 0.3) is 0 Å². The van der Waals surface area contributed by atoms with E-state index in [-0.39, 0.29) is 27.9 Å². The first-order valence-corrected chi connectivity index (χ1v) is 30.9. The van der Waals surface area contributed by atoms with Crippen molar-refractivity contribution in [1.82, 2.24) is 24.5 Å². The van der Waals surface area contributed by atoms with Gasteiger partial charge in [-0.15, -0.1) is 0 Å². The summed E-state index contributed by atoms with van der Waals surface area (Å²) in [7, 11) is 0. The van der Waals surface area contributed by atoms with Gasteiger partial charge in [-0.25, -0.2) is 13.2 Å². The molecule has 5 nitrogen and oxygen atoms in total. The minimum atomic E-state index is -0.649. The van der Waals surface area contributed by atoms with Gasteiger partial charge in [-0.1, -0.05) is 131 Å². The van der Waals surface area contributed by atoms with Crippen molar-refractivity contribution in [2.75, 3.05) is 65.4 Å². The maximum absolute atomic E-state index is 13.4. The van der Waals surface area contributed by atoms with E-state index in [2.05, 4.69) is 138 Å². The summed E-state index contributed by atoms with van der Waals surface area (Å²) < 4.78 is 40.0. The highest BCUT2D eigenvalue weighted by Gasteiger charge is 2.35. The van der Waals surface area contributed by atoms with E-state index in [0.29, 0.717) is 31.0 Å². The molecule has 5 saturated heterocycles. The fourth-order valence-corrected chi connectivity index (χ4v) is 13.5. The second kappa shape index (κ2) is 30.2. The van der Waals surface area contributed by atoms with Gasteiger partial charge in [0.2, 0.25) is 0 Å². The van der Waals surface area contributed by atoms with Crippen molar-refractivity contribution >= 4 is 11.6 Å². The third-order valence-electron chi connectivity index (χ3n) is 18.0. The second-order valence-corrected chi connectivity index (χ2v) is 27.2. The molecule has 5 heterocycles. The van der Waals surface area contributed by atoms with Crippen molar-refractivity contribution in [2.24, 2.45) is 0 Å². The molecule has 0 bridgehead atoms. The normalized spacial score (nSPS) is 20.6. The molecule has 0 N–H and O–H groups in total. The van der Waals surface area contributed by atoms with Crippen LogP contribution in [0.1, 0.15) is 190 Å². The Kier molecular flexibility index (Phi) is 24.7. The molecule has 3 atom stereocenters. The number of hydrogen-bond donors (Lipinski definition) is 0. The van der Waals surface area contributed by atoms with Crippen molar-refractivity contribution in [3.05, 3.63) is 141 Å². The van der Waals surface area contributed by atoms with Gasteiger partial charge in [-0.05, 0) is 221 Å². The summed E-state index contributed by atoms with van der Waals surface area (Å²) in [6.45, 7) is 38.6. The Morgan fingerprint density at radius 3 is 1.00 bits per heavy atom. The molecule has 0 aromatic heterocycles. The molecule has 3 unspecified atom stereocenters. The van der Waals surface area contributed by atoms with Gasteiger partial charge >= 0.3 is 0 Å². The zero-order valence-electron chi connectivity index (χ0n) is 50.8. The molecule has 5 aliphatic rings. The Morgan fingerprint density at radius 1 is 0.436 bits per heavy atom. The van der Waals surface area contributed by atoms with Gasteiger partial charge in [0.1, 0.15) is 17.8 Å². The summed E-state index contributed by atoms with van der Waals surface area (Å²) >= 11 is 6.10. The highest BCUT2D eigenvalue weighted by Crippen LogP contribution is 2.36. The molecule has 5 aliphatic heterocycles. The Hall–Kier alpha value is -3.24. The number of rotatable bonds is 17. The first kappa shape index (κ1) is 63.9. The predicted octanol–water partition coefficient (Wildman–Crippen LogP) is 16.9. The monoisotopic (exact) mass is 1100 g/mol. The summed E-state index contributed by atoms with van der Waals surface area (Å²) in [6, 6.07) is 25.2. The Balaban J connectivity index is 0.000000190. The van der Waals surface area contributed by atoms with E-state index in [0.717, 1.165) is 55.0 Å². The second-order valence-electron chi connectivity index (χ2n) is 26.8. The van der Waals surface area contributed by atoms with Crippen molar-refractivity contribution in [3.8, 4) is 0 Å². The van der Waals surface area contributed by atoms with Crippen molar-refractivity contribution in [1.29, 1.82) is 0 Å². The lowest BCUT2D eigenvalue weighted by Gasteiger charge is -2.43. The standard InChI is InChI=1S/C25H39FN2.C24H37ClN2.C20H29F2N/c1-20(2)18-24(19-25(3,4)21-8-10-22(26)11-9-21)28-16-12-23(13-17-28)27-14-6-5-7-15-27;1-19(2)17-23(18-24(3,4)20-7-9-21(25)10-8-20)27-15-11-22(12-16-27)26-13-5-6-14-26;1-15(2)13-19(23-11-9-18(22)10-12-23)14-20(3,4)16-5-7-17(21)8-6-16/h8-11,18,23-24H,5-7,12-17,19H2,1-4H3;7-10,17,22-23H,5-6,11-16,18H2,1-4H3;5-8,13,18-19H,9-12,14H2,1-4H3. The highest BCUT2D eigenvalue weighted by molar-refractivity contribution is 6.30. The fraction of sp³-hybridized carbons (Fsp3) is 0.652. The number of alkyl halides is 1. The van der Waals surface area contributed by atoms with Gasteiger partial charge < -0.3 is 9.80 Å². The van der Waals surface area contributed by atoms with Crippen LogP contribution in [0.15, 0.2) is 108 Å². The van der Waals surface area contributed by atoms with E-state index < -0.39 is 6.17 Å².